The average molecular weight is 280 g/mol. The molecular weight excluding hydrogens is 256 g/mol. The molecule has 0 aromatic carbocycles. The van der Waals surface area contributed by atoms with Crippen LogP contribution in [0, 0.1) is 12.8 Å². The van der Waals surface area contributed by atoms with Gasteiger partial charge in [-0.1, -0.05) is 13.3 Å². The molecule has 1 aromatic heterocycles. The standard InChI is InChI=1S/C15H24N2O3/c1-10-5-4-6-12(10)16-15(18)17-13(9-19-3)14-8-7-11(2)20-14/h7-8,10,12-13H,4-6,9H2,1-3H3,(H2,16,17,18)/t10-,12+,13+/m1/s1. The molecule has 3 atom stereocenters. The molecule has 5 nitrogen and oxygen atoms in total. The molecule has 2 amide bonds. The summed E-state index contributed by atoms with van der Waals surface area (Å²) in [4.78, 5) is 12.1. The van der Waals surface area contributed by atoms with E-state index in [2.05, 4.69) is 17.6 Å². The molecule has 2 rings (SSSR count). The smallest absolute Gasteiger partial charge is 0.315 e. The number of hydrogen-bond acceptors (Lipinski definition) is 3. The summed E-state index contributed by atoms with van der Waals surface area (Å²) in [6.45, 7) is 4.45. The van der Waals surface area contributed by atoms with Gasteiger partial charge in [0.15, 0.2) is 0 Å². The predicted molar refractivity (Wildman–Crippen MR) is 76.5 cm³/mol. The van der Waals surface area contributed by atoms with Gasteiger partial charge in [-0.25, -0.2) is 4.79 Å². The summed E-state index contributed by atoms with van der Waals surface area (Å²) in [6, 6.07) is 3.62. The molecule has 1 fully saturated rings. The van der Waals surface area contributed by atoms with Gasteiger partial charge in [-0.2, -0.15) is 0 Å². The molecule has 0 saturated heterocycles. The number of furan rings is 1. The number of carbonyl (C=O) groups is 1. The molecule has 5 heteroatoms. The molecule has 1 heterocycles. The van der Waals surface area contributed by atoms with Crippen molar-refractivity contribution >= 4 is 6.03 Å². The van der Waals surface area contributed by atoms with E-state index in [9.17, 15) is 4.79 Å². The monoisotopic (exact) mass is 280 g/mol. The van der Waals surface area contributed by atoms with E-state index in [1.165, 1.54) is 12.8 Å². The van der Waals surface area contributed by atoms with Crippen LogP contribution in [0.2, 0.25) is 0 Å². The number of nitrogens with one attached hydrogen (secondary N) is 2. The number of aryl methyl sites for hydroxylation is 1. The van der Waals surface area contributed by atoms with E-state index in [0.717, 1.165) is 17.9 Å². The second kappa shape index (κ2) is 6.79. The van der Waals surface area contributed by atoms with Crippen molar-refractivity contribution in [2.75, 3.05) is 13.7 Å². The third-order valence-electron chi connectivity index (χ3n) is 3.92. The third kappa shape index (κ3) is 3.76. The maximum atomic E-state index is 12.1. The minimum absolute atomic E-state index is 0.153. The number of ether oxygens (including phenoxy) is 1. The van der Waals surface area contributed by atoms with Crippen LogP contribution in [0.3, 0.4) is 0 Å². The van der Waals surface area contributed by atoms with Crippen molar-refractivity contribution in [3.8, 4) is 0 Å². The molecule has 0 unspecified atom stereocenters. The molecule has 2 N–H and O–H groups in total. The van der Waals surface area contributed by atoms with Crippen molar-refractivity contribution in [2.24, 2.45) is 5.92 Å². The maximum Gasteiger partial charge on any atom is 0.315 e. The van der Waals surface area contributed by atoms with Crippen molar-refractivity contribution in [1.82, 2.24) is 10.6 Å². The Balaban J connectivity index is 1.92. The van der Waals surface area contributed by atoms with Crippen LogP contribution in [0.1, 0.15) is 43.7 Å². The molecule has 1 saturated carbocycles. The number of methoxy groups -OCH3 is 1. The van der Waals surface area contributed by atoms with Gasteiger partial charge >= 0.3 is 6.03 Å². The lowest BCUT2D eigenvalue weighted by molar-refractivity contribution is 0.155. The first-order valence-corrected chi connectivity index (χ1v) is 7.22. The fraction of sp³-hybridized carbons (Fsp3) is 0.667. The second-order valence-corrected chi connectivity index (χ2v) is 5.59. The van der Waals surface area contributed by atoms with Gasteiger partial charge < -0.3 is 19.8 Å². The van der Waals surface area contributed by atoms with E-state index in [-0.39, 0.29) is 18.1 Å². The summed E-state index contributed by atoms with van der Waals surface area (Å²) >= 11 is 0. The predicted octanol–water partition coefficient (Wildman–Crippen LogP) is 2.76. The van der Waals surface area contributed by atoms with Gasteiger partial charge in [0.25, 0.3) is 0 Å². The molecule has 0 spiro atoms. The average Bonchev–Trinajstić information content (AvgIpc) is 2.99. The normalized spacial score (nSPS) is 23.6. The lowest BCUT2D eigenvalue weighted by Gasteiger charge is -2.21. The van der Waals surface area contributed by atoms with Crippen LogP contribution in [0.15, 0.2) is 16.5 Å². The van der Waals surface area contributed by atoms with Crippen LogP contribution in [-0.2, 0) is 4.74 Å². The van der Waals surface area contributed by atoms with Crippen LogP contribution < -0.4 is 10.6 Å². The van der Waals surface area contributed by atoms with Gasteiger partial charge in [-0.15, -0.1) is 0 Å². The highest BCUT2D eigenvalue weighted by Crippen LogP contribution is 2.24. The maximum absolute atomic E-state index is 12.1. The highest BCUT2D eigenvalue weighted by atomic mass is 16.5. The molecule has 112 valence electrons. The van der Waals surface area contributed by atoms with Gasteiger partial charge in [-0.3, -0.25) is 0 Å². The Morgan fingerprint density at radius 1 is 1.50 bits per heavy atom. The van der Waals surface area contributed by atoms with Gasteiger partial charge in [0.05, 0.1) is 6.61 Å². The van der Waals surface area contributed by atoms with Crippen LogP contribution in [0.25, 0.3) is 0 Å². The number of urea groups is 1. The van der Waals surface area contributed by atoms with E-state index in [0.29, 0.717) is 12.5 Å². The van der Waals surface area contributed by atoms with Gasteiger partial charge in [0, 0.05) is 13.2 Å². The number of hydrogen-bond donors (Lipinski definition) is 2. The van der Waals surface area contributed by atoms with Crippen LogP contribution in [0.5, 0.6) is 0 Å². The Kier molecular flexibility index (Phi) is 5.06. The summed E-state index contributed by atoms with van der Waals surface area (Å²) in [5.74, 6) is 2.10. The van der Waals surface area contributed by atoms with Crippen molar-refractivity contribution in [3.05, 3.63) is 23.7 Å². The van der Waals surface area contributed by atoms with Crippen molar-refractivity contribution in [1.29, 1.82) is 0 Å². The summed E-state index contributed by atoms with van der Waals surface area (Å²) in [7, 11) is 1.61. The largest absolute Gasteiger partial charge is 0.464 e. The zero-order valence-electron chi connectivity index (χ0n) is 12.4. The topological polar surface area (TPSA) is 63.5 Å². The van der Waals surface area contributed by atoms with Crippen molar-refractivity contribution in [3.63, 3.8) is 0 Å². The molecular formula is C15H24N2O3. The molecule has 1 aliphatic rings. The number of carbonyl (C=O) groups excluding carboxylic acids is 1. The van der Waals surface area contributed by atoms with Crippen LogP contribution in [0.4, 0.5) is 4.79 Å². The SMILES string of the molecule is COC[C@H](NC(=O)N[C@H]1CCC[C@H]1C)c1ccc(C)o1. The van der Waals surface area contributed by atoms with Crippen molar-refractivity contribution in [2.45, 2.75) is 45.2 Å². The molecule has 20 heavy (non-hydrogen) atoms. The van der Waals surface area contributed by atoms with Gasteiger partial charge in [0.2, 0.25) is 0 Å². The minimum atomic E-state index is -0.259. The first-order chi connectivity index (χ1) is 9.60. The van der Waals surface area contributed by atoms with Gasteiger partial charge in [0.1, 0.15) is 17.6 Å². The molecule has 1 aliphatic carbocycles. The Bertz CT molecular complexity index is 444. The highest BCUT2D eigenvalue weighted by molar-refractivity contribution is 5.74. The first-order valence-electron chi connectivity index (χ1n) is 7.22. The molecule has 0 radical (unpaired) electrons. The van der Waals surface area contributed by atoms with E-state index in [1.807, 2.05) is 19.1 Å². The Hall–Kier alpha value is -1.49. The fourth-order valence-corrected chi connectivity index (χ4v) is 2.73. The summed E-state index contributed by atoms with van der Waals surface area (Å²) < 4.78 is 10.7. The second-order valence-electron chi connectivity index (χ2n) is 5.59. The quantitative estimate of drug-likeness (QED) is 0.871. The summed E-state index contributed by atoms with van der Waals surface area (Å²) in [6.07, 6.45) is 3.43. The zero-order valence-corrected chi connectivity index (χ0v) is 12.4. The molecule has 0 bridgehead atoms. The number of rotatable bonds is 5. The van der Waals surface area contributed by atoms with E-state index >= 15 is 0 Å². The van der Waals surface area contributed by atoms with E-state index < -0.39 is 0 Å². The Labute approximate surface area is 120 Å². The van der Waals surface area contributed by atoms with E-state index in [1.54, 1.807) is 7.11 Å². The first kappa shape index (κ1) is 14.9. The van der Waals surface area contributed by atoms with Gasteiger partial charge in [-0.05, 0) is 37.8 Å². The molecule has 0 aliphatic heterocycles. The summed E-state index contributed by atoms with van der Waals surface area (Å²) in [5.41, 5.74) is 0. The Morgan fingerprint density at radius 2 is 2.30 bits per heavy atom. The minimum Gasteiger partial charge on any atom is -0.464 e. The van der Waals surface area contributed by atoms with Crippen LogP contribution in [-0.4, -0.2) is 25.8 Å². The number of amides is 2. The van der Waals surface area contributed by atoms with Crippen LogP contribution >= 0.6 is 0 Å². The highest BCUT2D eigenvalue weighted by Gasteiger charge is 2.26. The third-order valence-corrected chi connectivity index (χ3v) is 3.92. The van der Waals surface area contributed by atoms with Crippen molar-refractivity contribution < 1.29 is 13.9 Å². The molecule has 1 aromatic rings. The summed E-state index contributed by atoms with van der Waals surface area (Å²) in [5, 5.41) is 5.97. The zero-order chi connectivity index (χ0) is 14.5. The Morgan fingerprint density at radius 3 is 2.85 bits per heavy atom. The lowest BCUT2D eigenvalue weighted by Crippen LogP contribution is -2.45. The van der Waals surface area contributed by atoms with E-state index in [4.69, 9.17) is 9.15 Å². The lowest BCUT2D eigenvalue weighted by atomic mass is 10.1. The fourth-order valence-electron chi connectivity index (χ4n) is 2.73.